The van der Waals surface area contributed by atoms with Crippen LogP contribution in [0.3, 0.4) is 0 Å². The zero-order chi connectivity index (χ0) is 21.3. The topological polar surface area (TPSA) is 55.3 Å². The van der Waals surface area contributed by atoms with Gasteiger partial charge in [0.05, 0.1) is 17.8 Å². The highest BCUT2D eigenvalue weighted by Gasteiger charge is 2.25. The van der Waals surface area contributed by atoms with Crippen LogP contribution in [0.15, 0.2) is 42.5 Å². The van der Waals surface area contributed by atoms with E-state index in [1.54, 1.807) is 0 Å². The first kappa shape index (κ1) is 20.3. The second-order valence-electron chi connectivity index (χ2n) is 8.47. The molecule has 1 heterocycles. The minimum absolute atomic E-state index is 0.103. The van der Waals surface area contributed by atoms with Crippen LogP contribution in [0.4, 0.5) is 10.5 Å². The summed E-state index contributed by atoms with van der Waals surface area (Å²) in [7, 11) is 0. The zero-order valence-corrected chi connectivity index (χ0v) is 18.3. The van der Waals surface area contributed by atoms with E-state index in [4.69, 9.17) is 4.74 Å². The number of hydrogen-bond acceptors (Lipinski definition) is 2. The molecule has 30 heavy (non-hydrogen) atoms. The van der Waals surface area contributed by atoms with Gasteiger partial charge in [-0.1, -0.05) is 12.1 Å². The Labute approximate surface area is 178 Å². The molecule has 3 aromatic rings. The molecule has 5 heteroatoms. The number of nitrogens with one attached hydrogen (secondary N) is 2. The molecule has 1 aliphatic rings. The lowest BCUT2D eigenvalue weighted by atomic mass is 10.1. The fraction of sp³-hybridized carbons (Fsp3) is 0.400. The van der Waals surface area contributed by atoms with Gasteiger partial charge >= 0.3 is 6.03 Å². The molecule has 0 unspecified atom stereocenters. The van der Waals surface area contributed by atoms with Crippen LogP contribution in [0.5, 0.6) is 5.75 Å². The minimum atomic E-state index is -0.180. The molecular formula is C25H31N3O2. The average molecular weight is 406 g/mol. The van der Waals surface area contributed by atoms with Crippen LogP contribution in [0.1, 0.15) is 39.2 Å². The molecule has 1 fully saturated rings. The Morgan fingerprint density at radius 3 is 2.53 bits per heavy atom. The number of aryl methyl sites for hydroxylation is 1. The first-order valence-electron chi connectivity index (χ1n) is 10.9. The molecule has 4 rings (SSSR count). The van der Waals surface area contributed by atoms with Crippen molar-refractivity contribution in [1.82, 2.24) is 9.88 Å². The van der Waals surface area contributed by atoms with Crippen LogP contribution >= 0.6 is 0 Å². The largest absolute Gasteiger partial charge is 0.494 e. The third-order valence-corrected chi connectivity index (χ3v) is 5.57. The summed E-state index contributed by atoms with van der Waals surface area (Å²) in [4.78, 5) is 12.0. The lowest BCUT2D eigenvalue weighted by molar-refractivity contribution is 0.250. The Morgan fingerprint density at radius 2 is 1.90 bits per heavy atom. The Bertz CT molecular complexity index is 1050. The van der Waals surface area contributed by atoms with Crippen LogP contribution < -0.4 is 15.4 Å². The summed E-state index contributed by atoms with van der Waals surface area (Å²) in [5.74, 6) is 1.68. The number of benzene rings is 2. The predicted octanol–water partition coefficient (Wildman–Crippen LogP) is 5.96. The number of nitrogens with zero attached hydrogens (tertiary/aromatic N) is 1. The maximum atomic E-state index is 12.0. The standard InChI is InChI=1S/C25H31N3O2/c1-5-30-21-12-13-22-17(4)24(28(23(22)14-21)15-18-6-7-18)19-8-10-20(11-9-19)27-25(29)26-16(2)3/h8-14,16,18H,5-7,15H2,1-4H3,(H2,26,27,29). The van der Waals surface area contributed by atoms with E-state index in [0.29, 0.717) is 6.61 Å². The molecule has 0 spiro atoms. The fourth-order valence-electron chi connectivity index (χ4n) is 4.02. The summed E-state index contributed by atoms with van der Waals surface area (Å²) < 4.78 is 8.22. The molecule has 2 N–H and O–H groups in total. The number of urea groups is 1. The highest BCUT2D eigenvalue weighted by atomic mass is 16.5. The Balaban J connectivity index is 1.70. The normalized spacial score (nSPS) is 13.6. The quantitative estimate of drug-likeness (QED) is 0.510. The third kappa shape index (κ3) is 4.30. The fourth-order valence-corrected chi connectivity index (χ4v) is 4.02. The summed E-state index contributed by atoms with van der Waals surface area (Å²) >= 11 is 0. The highest BCUT2D eigenvalue weighted by molar-refractivity contribution is 5.93. The average Bonchev–Trinajstić information content (AvgIpc) is 3.48. The summed E-state index contributed by atoms with van der Waals surface area (Å²) in [6.45, 7) is 9.80. The number of ether oxygens (including phenoxy) is 1. The van der Waals surface area contributed by atoms with Crippen molar-refractivity contribution in [3.05, 3.63) is 48.0 Å². The van der Waals surface area contributed by atoms with Crippen molar-refractivity contribution in [3.8, 4) is 17.0 Å². The van der Waals surface area contributed by atoms with Gasteiger partial charge in [0.2, 0.25) is 0 Å². The van der Waals surface area contributed by atoms with E-state index in [0.717, 1.165) is 29.5 Å². The van der Waals surface area contributed by atoms with E-state index in [1.807, 2.05) is 32.9 Å². The number of carbonyl (C=O) groups is 1. The number of aromatic nitrogens is 1. The zero-order valence-electron chi connectivity index (χ0n) is 18.3. The molecule has 1 aliphatic carbocycles. The molecule has 0 atom stereocenters. The van der Waals surface area contributed by atoms with Gasteiger partial charge in [0.25, 0.3) is 0 Å². The maximum Gasteiger partial charge on any atom is 0.319 e. The summed E-state index contributed by atoms with van der Waals surface area (Å²) in [6, 6.07) is 14.5. The molecule has 2 amide bonds. The van der Waals surface area contributed by atoms with Crippen LogP contribution in [0.25, 0.3) is 22.2 Å². The van der Waals surface area contributed by atoms with Crippen molar-refractivity contribution >= 4 is 22.6 Å². The van der Waals surface area contributed by atoms with Gasteiger partial charge in [0.1, 0.15) is 5.75 Å². The Morgan fingerprint density at radius 1 is 1.17 bits per heavy atom. The Kier molecular flexibility index (Phi) is 5.71. The molecule has 0 radical (unpaired) electrons. The van der Waals surface area contributed by atoms with Crippen molar-refractivity contribution in [2.24, 2.45) is 5.92 Å². The number of rotatable bonds is 7. The van der Waals surface area contributed by atoms with Crippen LogP contribution in [-0.2, 0) is 6.54 Å². The molecule has 0 aliphatic heterocycles. The van der Waals surface area contributed by atoms with Crippen LogP contribution in [0, 0.1) is 12.8 Å². The highest BCUT2D eigenvalue weighted by Crippen LogP contribution is 2.39. The van der Waals surface area contributed by atoms with E-state index < -0.39 is 0 Å². The molecule has 0 bridgehead atoms. The summed E-state index contributed by atoms with van der Waals surface area (Å²) in [5.41, 5.74) is 5.73. The van der Waals surface area contributed by atoms with E-state index in [-0.39, 0.29) is 12.1 Å². The summed E-state index contributed by atoms with van der Waals surface area (Å²) in [5, 5.41) is 7.02. The molecule has 2 aromatic carbocycles. The van der Waals surface area contributed by atoms with Gasteiger partial charge in [-0.05, 0) is 81.8 Å². The summed E-state index contributed by atoms with van der Waals surface area (Å²) in [6.07, 6.45) is 2.61. The number of hydrogen-bond donors (Lipinski definition) is 2. The van der Waals surface area contributed by atoms with E-state index in [1.165, 1.54) is 35.0 Å². The van der Waals surface area contributed by atoms with Crippen molar-refractivity contribution in [3.63, 3.8) is 0 Å². The second-order valence-corrected chi connectivity index (χ2v) is 8.47. The first-order valence-corrected chi connectivity index (χ1v) is 10.9. The van der Waals surface area contributed by atoms with Crippen molar-refractivity contribution in [1.29, 1.82) is 0 Å². The van der Waals surface area contributed by atoms with E-state index >= 15 is 0 Å². The first-order chi connectivity index (χ1) is 14.5. The van der Waals surface area contributed by atoms with Gasteiger partial charge < -0.3 is 19.9 Å². The number of amides is 2. The smallest absolute Gasteiger partial charge is 0.319 e. The number of anilines is 1. The third-order valence-electron chi connectivity index (χ3n) is 5.57. The van der Waals surface area contributed by atoms with Crippen LogP contribution in [-0.4, -0.2) is 23.2 Å². The van der Waals surface area contributed by atoms with E-state index in [2.05, 4.69) is 52.5 Å². The maximum absolute atomic E-state index is 12.0. The van der Waals surface area contributed by atoms with E-state index in [9.17, 15) is 4.79 Å². The predicted molar refractivity (Wildman–Crippen MR) is 123 cm³/mol. The SMILES string of the molecule is CCOc1ccc2c(C)c(-c3ccc(NC(=O)NC(C)C)cc3)n(CC3CC3)c2c1. The molecule has 1 aromatic heterocycles. The number of carbonyl (C=O) groups excluding carboxylic acids is 1. The molecule has 1 saturated carbocycles. The van der Waals surface area contributed by atoms with Crippen molar-refractivity contribution < 1.29 is 9.53 Å². The lowest BCUT2D eigenvalue weighted by Crippen LogP contribution is -2.34. The monoisotopic (exact) mass is 405 g/mol. The van der Waals surface area contributed by atoms with Crippen molar-refractivity contribution in [2.75, 3.05) is 11.9 Å². The molecule has 5 nitrogen and oxygen atoms in total. The molecule has 0 saturated heterocycles. The van der Waals surface area contributed by atoms with Gasteiger partial charge in [-0.25, -0.2) is 4.79 Å². The van der Waals surface area contributed by atoms with Gasteiger partial charge in [-0.15, -0.1) is 0 Å². The Hall–Kier alpha value is -2.95. The van der Waals surface area contributed by atoms with Crippen LogP contribution in [0.2, 0.25) is 0 Å². The second kappa shape index (κ2) is 8.42. The van der Waals surface area contributed by atoms with Gasteiger partial charge in [-0.2, -0.15) is 0 Å². The molecule has 158 valence electrons. The minimum Gasteiger partial charge on any atom is -0.494 e. The van der Waals surface area contributed by atoms with Crippen molar-refractivity contribution in [2.45, 2.75) is 53.1 Å². The van der Waals surface area contributed by atoms with Gasteiger partial charge in [0, 0.05) is 29.7 Å². The lowest BCUT2D eigenvalue weighted by Gasteiger charge is -2.13. The van der Waals surface area contributed by atoms with Gasteiger partial charge in [-0.3, -0.25) is 0 Å². The number of fused-ring (bicyclic) bond motifs is 1. The van der Waals surface area contributed by atoms with Gasteiger partial charge in [0.15, 0.2) is 0 Å². The molecular weight excluding hydrogens is 374 g/mol.